The van der Waals surface area contributed by atoms with Gasteiger partial charge in [0.1, 0.15) is 11.6 Å². The molecule has 0 aliphatic carbocycles. The van der Waals surface area contributed by atoms with E-state index < -0.39 is 0 Å². The Hall–Kier alpha value is -2.53. The van der Waals surface area contributed by atoms with E-state index in [4.69, 9.17) is 4.98 Å². The predicted octanol–water partition coefficient (Wildman–Crippen LogP) is 4.32. The quantitative estimate of drug-likeness (QED) is 0.678. The van der Waals surface area contributed by atoms with E-state index in [-0.39, 0.29) is 11.2 Å². The molecule has 0 saturated carbocycles. The van der Waals surface area contributed by atoms with Gasteiger partial charge in [-0.05, 0) is 29.8 Å². The molecule has 28 heavy (non-hydrogen) atoms. The highest BCUT2D eigenvalue weighted by molar-refractivity contribution is 5.23. The third-order valence-corrected chi connectivity index (χ3v) is 5.26. The fourth-order valence-corrected chi connectivity index (χ4v) is 3.63. The second kappa shape index (κ2) is 7.47. The fraction of sp³-hybridized carbons (Fsp3) is 0.391. The summed E-state index contributed by atoms with van der Waals surface area (Å²) in [6, 6.07) is 11.0. The molecule has 4 rings (SSSR count). The summed E-state index contributed by atoms with van der Waals surface area (Å²) >= 11 is 0. The first-order valence-corrected chi connectivity index (χ1v) is 9.84. The number of rotatable bonds is 4. The van der Waals surface area contributed by atoms with Gasteiger partial charge in [0.2, 0.25) is 0 Å². The number of hydrogen-bond donors (Lipinski definition) is 0. The van der Waals surface area contributed by atoms with E-state index in [1.807, 2.05) is 18.3 Å². The van der Waals surface area contributed by atoms with Crippen LogP contribution in [0.3, 0.4) is 0 Å². The van der Waals surface area contributed by atoms with Gasteiger partial charge in [-0.1, -0.05) is 32.9 Å². The lowest BCUT2D eigenvalue weighted by atomic mass is 9.95. The Morgan fingerprint density at radius 1 is 1.07 bits per heavy atom. The van der Waals surface area contributed by atoms with Crippen molar-refractivity contribution in [2.75, 3.05) is 6.54 Å². The van der Waals surface area contributed by atoms with E-state index in [1.165, 1.54) is 29.1 Å². The van der Waals surface area contributed by atoms with Crippen LogP contribution < -0.4 is 0 Å². The second-order valence-electron chi connectivity index (χ2n) is 8.63. The van der Waals surface area contributed by atoms with Gasteiger partial charge in [-0.2, -0.15) is 0 Å². The van der Waals surface area contributed by atoms with Crippen molar-refractivity contribution in [1.82, 2.24) is 19.4 Å². The minimum Gasteiger partial charge on any atom is -0.346 e. The third-order valence-electron chi connectivity index (χ3n) is 5.26. The molecule has 3 aromatic rings. The molecule has 0 unspecified atom stereocenters. The summed E-state index contributed by atoms with van der Waals surface area (Å²) in [5.74, 6) is 0.730. The van der Waals surface area contributed by atoms with Gasteiger partial charge in [0.15, 0.2) is 0 Å². The predicted molar refractivity (Wildman–Crippen MR) is 108 cm³/mol. The Bertz CT molecular complexity index is 953. The van der Waals surface area contributed by atoms with Crippen LogP contribution in [0.1, 0.15) is 49.1 Å². The number of hydrogen-bond acceptors (Lipinski definition) is 3. The summed E-state index contributed by atoms with van der Waals surface area (Å²) in [5, 5.41) is 0. The van der Waals surface area contributed by atoms with E-state index in [9.17, 15) is 4.39 Å². The van der Waals surface area contributed by atoms with E-state index in [1.54, 1.807) is 0 Å². The molecule has 1 aliphatic heterocycles. The molecule has 146 valence electrons. The van der Waals surface area contributed by atoms with E-state index in [0.29, 0.717) is 0 Å². The zero-order valence-electron chi connectivity index (χ0n) is 16.8. The van der Waals surface area contributed by atoms with E-state index >= 15 is 0 Å². The van der Waals surface area contributed by atoms with Gasteiger partial charge in [0, 0.05) is 67.4 Å². The van der Waals surface area contributed by atoms with Crippen LogP contribution in [0.2, 0.25) is 0 Å². The molecule has 4 nitrogen and oxygen atoms in total. The zero-order chi connectivity index (χ0) is 19.7. The fourth-order valence-electron chi connectivity index (χ4n) is 3.63. The topological polar surface area (TPSA) is 34.0 Å². The van der Waals surface area contributed by atoms with Crippen molar-refractivity contribution >= 4 is 0 Å². The maximum absolute atomic E-state index is 13.1. The first kappa shape index (κ1) is 18.8. The van der Waals surface area contributed by atoms with Crippen molar-refractivity contribution < 1.29 is 4.39 Å². The van der Waals surface area contributed by atoms with Gasteiger partial charge in [0.25, 0.3) is 0 Å². The summed E-state index contributed by atoms with van der Waals surface area (Å²) in [4.78, 5) is 11.9. The summed E-state index contributed by atoms with van der Waals surface area (Å²) in [5.41, 5.74) is 4.77. The van der Waals surface area contributed by atoms with Crippen molar-refractivity contribution in [2.24, 2.45) is 0 Å². The molecule has 0 saturated heterocycles. The maximum Gasteiger partial charge on any atom is 0.133 e. The van der Waals surface area contributed by atoms with Crippen LogP contribution in [0.15, 0.2) is 48.8 Å². The van der Waals surface area contributed by atoms with Gasteiger partial charge >= 0.3 is 0 Å². The number of benzene rings is 1. The van der Waals surface area contributed by atoms with Crippen LogP contribution in [-0.4, -0.2) is 26.0 Å². The molecule has 0 radical (unpaired) electrons. The van der Waals surface area contributed by atoms with Gasteiger partial charge in [-0.25, -0.2) is 14.4 Å². The molecule has 1 aliphatic rings. The van der Waals surface area contributed by atoms with Crippen molar-refractivity contribution in [3.8, 4) is 0 Å². The highest BCUT2D eigenvalue weighted by Crippen LogP contribution is 2.23. The Kier molecular flexibility index (Phi) is 5.02. The number of aromatic nitrogens is 3. The SMILES string of the molecule is CC(C)(C)c1ncc2c(n1)CCN(Cc1cccn1Cc1ccc(F)cc1)C2. The van der Waals surface area contributed by atoms with Gasteiger partial charge in [0.05, 0.1) is 0 Å². The lowest BCUT2D eigenvalue weighted by Gasteiger charge is -2.29. The van der Waals surface area contributed by atoms with Crippen LogP contribution in [-0.2, 0) is 31.5 Å². The van der Waals surface area contributed by atoms with Gasteiger partial charge in [-0.3, -0.25) is 4.90 Å². The van der Waals surface area contributed by atoms with Crippen LogP contribution in [0.25, 0.3) is 0 Å². The van der Waals surface area contributed by atoms with Gasteiger partial charge in [-0.15, -0.1) is 0 Å². The standard InChI is InChI=1S/C23H27FN4/c1-23(2,3)22-25-13-18-15-27(12-10-21(18)26-22)16-20-5-4-11-28(20)14-17-6-8-19(24)9-7-17/h4-9,11,13H,10,12,14-16H2,1-3H3. The van der Waals surface area contributed by atoms with Gasteiger partial charge < -0.3 is 4.57 Å². The molecule has 2 aromatic heterocycles. The molecule has 0 spiro atoms. The lowest BCUT2D eigenvalue weighted by Crippen LogP contribution is -2.32. The van der Waals surface area contributed by atoms with Crippen LogP contribution in [0.5, 0.6) is 0 Å². The first-order valence-electron chi connectivity index (χ1n) is 9.84. The normalized spacial score (nSPS) is 14.9. The average molecular weight is 378 g/mol. The summed E-state index contributed by atoms with van der Waals surface area (Å²) in [6.45, 7) is 9.97. The highest BCUT2D eigenvalue weighted by Gasteiger charge is 2.23. The van der Waals surface area contributed by atoms with Crippen LogP contribution in [0.4, 0.5) is 4.39 Å². The molecule has 0 bridgehead atoms. The molecule has 3 heterocycles. The molecule has 5 heteroatoms. The molecular weight excluding hydrogens is 351 g/mol. The molecule has 0 N–H and O–H groups in total. The maximum atomic E-state index is 13.1. The molecular formula is C23H27FN4. The van der Waals surface area contributed by atoms with Crippen molar-refractivity contribution in [3.05, 3.63) is 82.9 Å². The number of halogens is 1. The summed E-state index contributed by atoms with van der Waals surface area (Å²) < 4.78 is 15.4. The highest BCUT2D eigenvalue weighted by atomic mass is 19.1. The number of nitrogens with zero attached hydrogens (tertiary/aromatic N) is 4. The average Bonchev–Trinajstić information content (AvgIpc) is 3.09. The minimum atomic E-state index is -0.194. The van der Waals surface area contributed by atoms with Crippen molar-refractivity contribution in [1.29, 1.82) is 0 Å². The number of fused-ring (bicyclic) bond motifs is 1. The zero-order valence-corrected chi connectivity index (χ0v) is 16.8. The molecule has 0 amide bonds. The molecule has 0 fully saturated rings. The summed E-state index contributed by atoms with van der Waals surface area (Å²) in [7, 11) is 0. The van der Waals surface area contributed by atoms with E-state index in [0.717, 1.165) is 44.0 Å². The van der Waals surface area contributed by atoms with Crippen molar-refractivity contribution in [3.63, 3.8) is 0 Å². The lowest BCUT2D eigenvalue weighted by molar-refractivity contribution is 0.236. The summed E-state index contributed by atoms with van der Waals surface area (Å²) in [6.07, 6.45) is 5.06. The van der Waals surface area contributed by atoms with Crippen LogP contribution in [0, 0.1) is 5.82 Å². The molecule has 0 atom stereocenters. The minimum absolute atomic E-state index is 0.0205. The monoisotopic (exact) mass is 378 g/mol. The largest absolute Gasteiger partial charge is 0.346 e. The third kappa shape index (κ3) is 4.14. The second-order valence-corrected chi connectivity index (χ2v) is 8.63. The Morgan fingerprint density at radius 2 is 1.86 bits per heavy atom. The van der Waals surface area contributed by atoms with Crippen LogP contribution >= 0.6 is 0 Å². The Balaban J connectivity index is 1.45. The van der Waals surface area contributed by atoms with Crippen molar-refractivity contribution in [2.45, 2.75) is 52.2 Å². The Labute approximate surface area is 166 Å². The molecule has 1 aromatic carbocycles. The Morgan fingerprint density at radius 3 is 2.61 bits per heavy atom. The van der Waals surface area contributed by atoms with E-state index in [2.05, 4.69) is 53.6 Å². The smallest absolute Gasteiger partial charge is 0.133 e. The first-order chi connectivity index (χ1) is 13.4.